The first-order valence-electron chi connectivity index (χ1n) is 5.71. The summed E-state index contributed by atoms with van der Waals surface area (Å²) < 4.78 is 6.26. The van der Waals surface area contributed by atoms with E-state index in [1.54, 1.807) is 12.4 Å². The molecule has 0 aliphatic carbocycles. The number of nitrogens with one attached hydrogen (secondary N) is 1. The summed E-state index contributed by atoms with van der Waals surface area (Å²) in [6.07, 6.45) is 3.54. The highest BCUT2D eigenvalue weighted by atomic mass is 79.9. The lowest BCUT2D eigenvalue weighted by Crippen LogP contribution is -2.02. The topological polar surface area (TPSA) is 47.0 Å². The molecule has 0 amide bonds. The maximum Gasteiger partial charge on any atom is 0.213 e. The lowest BCUT2D eigenvalue weighted by molar-refractivity contribution is 0.327. The molecule has 4 nitrogen and oxygen atoms in total. The van der Waals surface area contributed by atoms with Crippen LogP contribution in [0.4, 0.5) is 5.69 Å². The van der Waals surface area contributed by atoms with Gasteiger partial charge in [0.15, 0.2) is 0 Å². The Morgan fingerprint density at radius 1 is 1.17 bits per heavy atom. The minimum Gasteiger partial charge on any atom is -0.478 e. The van der Waals surface area contributed by atoms with Gasteiger partial charge in [-0.25, -0.2) is 4.98 Å². The normalized spacial score (nSPS) is 10.1. The number of anilines is 1. The third kappa shape index (κ3) is 3.70. The average Bonchev–Trinajstić information content (AvgIpc) is 2.40. The van der Waals surface area contributed by atoms with Gasteiger partial charge < -0.3 is 10.1 Å². The number of ether oxygens (including phenoxy) is 1. The molecule has 1 N–H and O–H groups in total. The maximum atomic E-state index is 5.28. The molecule has 18 heavy (non-hydrogen) atoms. The zero-order valence-electron chi connectivity index (χ0n) is 10.1. The molecule has 2 heterocycles. The maximum absolute atomic E-state index is 5.28. The van der Waals surface area contributed by atoms with E-state index in [-0.39, 0.29) is 0 Å². The zero-order valence-corrected chi connectivity index (χ0v) is 11.6. The predicted molar refractivity (Wildman–Crippen MR) is 74.7 cm³/mol. The van der Waals surface area contributed by atoms with E-state index in [2.05, 4.69) is 31.2 Å². The summed E-state index contributed by atoms with van der Waals surface area (Å²) in [6.45, 7) is 3.23. The molecular formula is C13H14BrN3O. The van der Waals surface area contributed by atoms with Crippen molar-refractivity contribution in [2.24, 2.45) is 0 Å². The van der Waals surface area contributed by atoms with Crippen molar-refractivity contribution in [2.75, 3.05) is 11.9 Å². The van der Waals surface area contributed by atoms with Crippen LogP contribution < -0.4 is 10.1 Å². The van der Waals surface area contributed by atoms with Gasteiger partial charge in [0, 0.05) is 16.7 Å². The molecule has 0 aliphatic rings. The highest BCUT2D eigenvalue weighted by molar-refractivity contribution is 9.10. The number of aromatic nitrogens is 2. The van der Waals surface area contributed by atoms with E-state index in [0.717, 1.165) is 15.9 Å². The second-order valence-corrected chi connectivity index (χ2v) is 4.56. The number of rotatable bonds is 5. The average molecular weight is 308 g/mol. The largest absolute Gasteiger partial charge is 0.478 e. The number of pyridine rings is 2. The van der Waals surface area contributed by atoms with Gasteiger partial charge in [-0.05, 0) is 41.1 Å². The van der Waals surface area contributed by atoms with Crippen LogP contribution in [0.5, 0.6) is 5.88 Å². The number of hydrogen-bond acceptors (Lipinski definition) is 4. The van der Waals surface area contributed by atoms with Crippen molar-refractivity contribution in [2.45, 2.75) is 13.5 Å². The molecule has 0 spiro atoms. The quantitative estimate of drug-likeness (QED) is 0.921. The minimum atomic E-state index is 0.628. The lowest BCUT2D eigenvalue weighted by Gasteiger charge is -2.07. The molecule has 5 heteroatoms. The molecule has 0 unspecified atom stereocenters. The van der Waals surface area contributed by atoms with Crippen LogP contribution in [0.15, 0.2) is 41.1 Å². The van der Waals surface area contributed by atoms with Gasteiger partial charge in [0.05, 0.1) is 30.7 Å². The van der Waals surface area contributed by atoms with Gasteiger partial charge in [0.25, 0.3) is 0 Å². The van der Waals surface area contributed by atoms with Crippen molar-refractivity contribution in [1.82, 2.24) is 9.97 Å². The van der Waals surface area contributed by atoms with Gasteiger partial charge in [-0.2, -0.15) is 0 Å². The molecule has 2 aromatic rings. The molecule has 0 fully saturated rings. The monoisotopic (exact) mass is 307 g/mol. The Morgan fingerprint density at radius 2 is 2.06 bits per heavy atom. The summed E-state index contributed by atoms with van der Waals surface area (Å²) in [5.41, 5.74) is 1.93. The molecule has 0 saturated carbocycles. The van der Waals surface area contributed by atoms with Crippen LogP contribution in [0.3, 0.4) is 0 Å². The zero-order chi connectivity index (χ0) is 12.8. The SMILES string of the molecule is CCOc1ccc(NCc2ccc(Br)cn2)cn1. The van der Waals surface area contributed by atoms with E-state index in [0.29, 0.717) is 19.0 Å². The van der Waals surface area contributed by atoms with Gasteiger partial charge in [-0.3, -0.25) is 4.98 Å². The van der Waals surface area contributed by atoms with Crippen LogP contribution in [0.25, 0.3) is 0 Å². The molecule has 2 aromatic heterocycles. The number of nitrogens with zero attached hydrogens (tertiary/aromatic N) is 2. The van der Waals surface area contributed by atoms with E-state index in [4.69, 9.17) is 4.74 Å². The molecular weight excluding hydrogens is 294 g/mol. The van der Waals surface area contributed by atoms with Crippen molar-refractivity contribution in [3.05, 3.63) is 46.8 Å². The number of halogens is 1. The van der Waals surface area contributed by atoms with Crippen molar-refractivity contribution in [1.29, 1.82) is 0 Å². The van der Waals surface area contributed by atoms with Crippen molar-refractivity contribution in [3.63, 3.8) is 0 Å². The Balaban J connectivity index is 1.91. The van der Waals surface area contributed by atoms with E-state index in [9.17, 15) is 0 Å². The van der Waals surface area contributed by atoms with Crippen LogP contribution in [0, 0.1) is 0 Å². The molecule has 0 bridgehead atoms. The Labute approximate surface area is 115 Å². The van der Waals surface area contributed by atoms with Crippen molar-refractivity contribution >= 4 is 21.6 Å². The fraction of sp³-hybridized carbons (Fsp3) is 0.231. The lowest BCUT2D eigenvalue weighted by atomic mass is 10.3. The minimum absolute atomic E-state index is 0.628. The molecule has 0 atom stereocenters. The van der Waals surface area contributed by atoms with Gasteiger partial charge in [-0.1, -0.05) is 0 Å². The Bertz CT molecular complexity index is 485. The second kappa shape index (κ2) is 6.35. The van der Waals surface area contributed by atoms with Crippen LogP contribution >= 0.6 is 15.9 Å². The van der Waals surface area contributed by atoms with Crippen LogP contribution in [0.2, 0.25) is 0 Å². The van der Waals surface area contributed by atoms with Crippen LogP contribution in [-0.2, 0) is 6.54 Å². The first kappa shape index (κ1) is 12.8. The third-order valence-electron chi connectivity index (χ3n) is 2.29. The Kier molecular flexibility index (Phi) is 4.52. The third-order valence-corrected chi connectivity index (χ3v) is 2.76. The van der Waals surface area contributed by atoms with Gasteiger partial charge >= 0.3 is 0 Å². The molecule has 94 valence electrons. The highest BCUT2D eigenvalue weighted by Gasteiger charge is 1.97. The Hall–Kier alpha value is -1.62. The smallest absolute Gasteiger partial charge is 0.213 e. The summed E-state index contributed by atoms with van der Waals surface area (Å²) in [5.74, 6) is 0.643. The van der Waals surface area contributed by atoms with Gasteiger partial charge in [-0.15, -0.1) is 0 Å². The molecule has 0 radical (unpaired) electrons. The first-order valence-corrected chi connectivity index (χ1v) is 6.50. The van der Waals surface area contributed by atoms with Crippen LogP contribution in [-0.4, -0.2) is 16.6 Å². The molecule has 0 aliphatic heterocycles. The summed E-state index contributed by atoms with van der Waals surface area (Å²) in [6, 6.07) is 7.73. The molecule has 0 saturated heterocycles. The fourth-order valence-corrected chi connectivity index (χ4v) is 1.66. The summed E-state index contributed by atoms with van der Waals surface area (Å²) >= 11 is 3.36. The highest BCUT2D eigenvalue weighted by Crippen LogP contribution is 2.13. The summed E-state index contributed by atoms with van der Waals surface area (Å²) in [7, 11) is 0. The van der Waals surface area contributed by atoms with E-state index in [1.807, 2.05) is 31.2 Å². The van der Waals surface area contributed by atoms with E-state index < -0.39 is 0 Å². The Morgan fingerprint density at radius 3 is 2.67 bits per heavy atom. The predicted octanol–water partition coefficient (Wildman–Crippen LogP) is 3.25. The molecule has 2 rings (SSSR count). The first-order chi connectivity index (χ1) is 8.78. The van der Waals surface area contributed by atoms with E-state index >= 15 is 0 Å². The standard InChI is InChI=1S/C13H14BrN3O/c1-2-18-13-6-5-12(9-17-13)16-8-11-4-3-10(14)7-15-11/h3-7,9,16H,2,8H2,1H3. The van der Waals surface area contributed by atoms with Crippen molar-refractivity contribution in [3.8, 4) is 5.88 Å². The second-order valence-electron chi connectivity index (χ2n) is 3.64. The van der Waals surface area contributed by atoms with Crippen LogP contribution in [0.1, 0.15) is 12.6 Å². The summed E-state index contributed by atoms with van der Waals surface area (Å²) in [4.78, 5) is 8.47. The van der Waals surface area contributed by atoms with Gasteiger partial charge in [0.2, 0.25) is 5.88 Å². The van der Waals surface area contributed by atoms with Crippen molar-refractivity contribution < 1.29 is 4.74 Å². The van der Waals surface area contributed by atoms with E-state index in [1.165, 1.54) is 0 Å². The fourth-order valence-electron chi connectivity index (χ4n) is 1.42. The summed E-state index contributed by atoms with van der Waals surface area (Å²) in [5, 5.41) is 3.25. The molecule has 0 aromatic carbocycles. The number of hydrogen-bond donors (Lipinski definition) is 1. The van der Waals surface area contributed by atoms with Gasteiger partial charge in [0.1, 0.15) is 0 Å².